The van der Waals surface area contributed by atoms with Gasteiger partial charge in [-0.25, -0.2) is 4.98 Å². The first-order valence-electron chi connectivity index (χ1n) is 6.92. The summed E-state index contributed by atoms with van der Waals surface area (Å²) in [6.07, 6.45) is 0.829. The van der Waals surface area contributed by atoms with Crippen molar-refractivity contribution in [3.05, 3.63) is 40.4 Å². The molecule has 1 aromatic heterocycles. The first kappa shape index (κ1) is 15.5. The van der Waals surface area contributed by atoms with Crippen molar-refractivity contribution in [1.82, 2.24) is 4.98 Å². The van der Waals surface area contributed by atoms with E-state index in [0.717, 1.165) is 12.1 Å². The molecule has 4 nitrogen and oxygen atoms in total. The van der Waals surface area contributed by atoms with Crippen molar-refractivity contribution in [3.8, 4) is 5.75 Å². The largest absolute Gasteiger partial charge is 0.507 e. The molecular formula is C16H20N2O2S. The van der Waals surface area contributed by atoms with Crippen LogP contribution in [0.1, 0.15) is 48.6 Å². The molecule has 2 rings (SSSR count). The van der Waals surface area contributed by atoms with E-state index in [9.17, 15) is 9.90 Å². The lowest BCUT2D eigenvalue weighted by Gasteiger charge is -2.16. The SMILES string of the molecule is CCc1nc(NC(=O)c2ccccc2O)sc1C(C)(C)C. The Bertz CT molecular complexity index is 657. The van der Waals surface area contributed by atoms with Gasteiger partial charge in [0.25, 0.3) is 5.91 Å². The quantitative estimate of drug-likeness (QED) is 0.902. The average Bonchev–Trinajstić information content (AvgIpc) is 2.82. The Kier molecular flexibility index (Phi) is 4.32. The van der Waals surface area contributed by atoms with Crippen LogP contribution in [-0.2, 0) is 11.8 Å². The third kappa shape index (κ3) is 3.42. The maximum atomic E-state index is 12.2. The summed E-state index contributed by atoms with van der Waals surface area (Å²) in [5.74, 6) is -0.372. The number of amides is 1. The highest BCUT2D eigenvalue weighted by atomic mass is 32.1. The summed E-state index contributed by atoms with van der Waals surface area (Å²) in [6.45, 7) is 8.45. The number of thiazole rings is 1. The fourth-order valence-electron chi connectivity index (χ4n) is 2.06. The minimum Gasteiger partial charge on any atom is -0.507 e. The molecule has 0 saturated heterocycles. The first-order valence-corrected chi connectivity index (χ1v) is 7.74. The van der Waals surface area contributed by atoms with Crippen LogP contribution in [0.25, 0.3) is 0 Å². The Labute approximate surface area is 128 Å². The van der Waals surface area contributed by atoms with Crippen LogP contribution in [0.5, 0.6) is 5.75 Å². The zero-order valence-corrected chi connectivity index (χ0v) is 13.5. The van der Waals surface area contributed by atoms with Crippen molar-refractivity contribution in [1.29, 1.82) is 0 Å². The molecule has 0 bridgehead atoms. The summed E-state index contributed by atoms with van der Waals surface area (Å²) in [5.41, 5.74) is 1.27. The second-order valence-corrected chi connectivity index (χ2v) is 6.87. The van der Waals surface area contributed by atoms with Gasteiger partial charge >= 0.3 is 0 Å². The van der Waals surface area contributed by atoms with E-state index < -0.39 is 0 Å². The van der Waals surface area contributed by atoms with E-state index in [4.69, 9.17) is 0 Å². The minimum atomic E-state index is -0.343. The van der Waals surface area contributed by atoms with Gasteiger partial charge in [0.15, 0.2) is 5.13 Å². The van der Waals surface area contributed by atoms with Crippen molar-refractivity contribution in [3.63, 3.8) is 0 Å². The van der Waals surface area contributed by atoms with Crippen molar-refractivity contribution in [2.75, 3.05) is 5.32 Å². The number of nitrogens with one attached hydrogen (secondary N) is 1. The van der Waals surface area contributed by atoms with Crippen LogP contribution < -0.4 is 5.32 Å². The molecule has 5 heteroatoms. The van der Waals surface area contributed by atoms with Gasteiger partial charge in [-0.2, -0.15) is 0 Å². The molecule has 0 aliphatic carbocycles. The topological polar surface area (TPSA) is 62.2 Å². The monoisotopic (exact) mass is 304 g/mol. The average molecular weight is 304 g/mol. The second kappa shape index (κ2) is 5.85. The fourth-order valence-corrected chi connectivity index (χ4v) is 3.17. The number of carbonyl (C=O) groups is 1. The van der Waals surface area contributed by atoms with Crippen molar-refractivity contribution >= 4 is 22.4 Å². The highest BCUT2D eigenvalue weighted by molar-refractivity contribution is 7.16. The van der Waals surface area contributed by atoms with Gasteiger partial charge < -0.3 is 5.11 Å². The fraction of sp³-hybridized carbons (Fsp3) is 0.375. The van der Waals surface area contributed by atoms with E-state index in [1.807, 2.05) is 0 Å². The molecule has 0 atom stereocenters. The minimum absolute atomic E-state index is 0.000866. The molecule has 0 spiro atoms. The van der Waals surface area contributed by atoms with Crippen molar-refractivity contribution in [2.45, 2.75) is 39.5 Å². The molecule has 2 aromatic rings. The number of aryl methyl sites for hydroxylation is 1. The number of para-hydroxylation sites is 1. The summed E-state index contributed by atoms with van der Waals surface area (Å²) in [7, 11) is 0. The van der Waals surface area contributed by atoms with E-state index in [-0.39, 0.29) is 22.6 Å². The van der Waals surface area contributed by atoms with Crippen molar-refractivity contribution < 1.29 is 9.90 Å². The van der Waals surface area contributed by atoms with E-state index in [1.165, 1.54) is 22.3 Å². The van der Waals surface area contributed by atoms with Gasteiger partial charge in [0, 0.05) is 4.88 Å². The molecule has 1 aromatic carbocycles. The molecule has 0 unspecified atom stereocenters. The van der Waals surface area contributed by atoms with Gasteiger partial charge in [-0.05, 0) is 24.0 Å². The number of aromatic nitrogens is 1. The Hall–Kier alpha value is -1.88. The smallest absolute Gasteiger partial charge is 0.261 e. The third-order valence-corrected chi connectivity index (χ3v) is 4.52. The van der Waals surface area contributed by atoms with Crippen LogP contribution in [0.2, 0.25) is 0 Å². The molecule has 2 N–H and O–H groups in total. The van der Waals surface area contributed by atoms with Crippen LogP contribution in [0, 0.1) is 0 Å². The Morgan fingerprint density at radius 3 is 2.52 bits per heavy atom. The van der Waals surface area contributed by atoms with E-state index in [2.05, 4.69) is 38.0 Å². The van der Waals surface area contributed by atoms with Gasteiger partial charge in [-0.1, -0.05) is 39.8 Å². The highest BCUT2D eigenvalue weighted by Gasteiger charge is 2.23. The predicted octanol–water partition coefficient (Wildman–Crippen LogP) is 3.96. The number of hydrogen-bond acceptors (Lipinski definition) is 4. The molecule has 0 saturated carbocycles. The second-order valence-electron chi connectivity index (χ2n) is 5.87. The van der Waals surface area contributed by atoms with Crippen LogP contribution in [0.4, 0.5) is 5.13 Å². The van der Waals surface area contributed by atoms with E-state index in [1.54, 1.807) is 18.2 Å². The number of hydrogen-bond donors (Lipinski definition) is 2. The molecule has 21 heavy (non-hydrogen) atoms. The van der Waals surface area contributed by atoms with Gasteiger partial charge in [0.1, 0.15) is 5.75 Å². The Morgan fingerprint density at radius 1 is 1.33 bits per heavy atom. The zero-order chi connectivity index (χ0) is 15.6. The molecule has 112 valence electrons. The summed E-state index contributed by atoms with van der Waals surface area (Å²) in [5, 5.41) is 13.1. The number of rotatable bonds is 3. The molecule has 1 heterocycles. The molecular weight excluding hydrogens is 284 g/mol. The highest BCUT2D eigenvalue weighted by Crippen LogP contribution is 2.34. The number of benzene rings is 1. The number of aromatic hydroxyl groups is 1. The standard InChI is InChI=1S/C16H20N2O2S/c1-5-11-13(16(2,3)4)21-15(17-11)18-14(20)10-8-6-7-9-12(10)19/h6-9,19H,5H2,1-4H3,(H,17,18,20). The van der Waals surface area contributed by atoms with Crippen LogP contribution >= 0.6 is 11.3 Å². The van der Waals surface area contributed by atoms with Gasteiger partial charge in [-0.15, -0.1) is 11.3 Å². The predicted molar refractivity (Wildman–Crippen MR) is 86.3 cm³/mol. The molecule has 1 amide bonds. The van der Waals surface area contributed by atoms with Gasteiger partial charge in [-0.3, -0.25) is 10.1 Å². The molecule has 0 aliphatic rings. The molecule has 0 radical (unpaired) electrons. The maximum Gasteiger partial charge on any atom is 0.261 e. The summed E-state index contributed by atoms with van der Waals surface area (Å²) in [6, 6.07) is 6.48. The summed E-state index contributed by atoms with van der Waals surface area (Å²) < 4.78 is 0. The number of phenolic OH excluding ortho intramolecular Hbond substituents is 1. The zero-order valence-electron chi connectivity index (χ0n) is 12.7. The molecule has 0 fully saturated rings. The first-order chi connectivity index (χ1) is 9.82. The van der Waals surface area contributed by atoms with Gasteiger partial charge in [0.2, 0.25) is 0 Å². The maximum absolute atomic E-state index is 12.2. The number of anilines is 1. The summed E-state index contributed by atoms with van der Waals surface area (Å²) in [4.78, 5) is 17.9. The van der Waals surface area contributed by atoms with Crippen LogP contribution in [-0.4, -0.2) is 16.0 Å². The number of carbonyl (C=O) groups excluding carboxylic acids is 1. The Morgan fingerprint density at radius 2 is 2.00 bits per heavy atom. The molecule has 0 aliphatic heterocycles. The number of nitrogens with zero attached hydrogens (tertiary/aromatic N) is 1. The lowest BCUT2D eigenvalue weighted by atomic mass is 9.93. The van der Waals surface area contributed by atoms with Crippen molar-refractivity contribution in [2.24, 2.45) is 0 Å². The summed E-state index contributed by atoms with van der Waals surface area (Å²) >= 11 is 1.50. The lowest BCUT2D eigenvalue weighted by molar-refractivity contribution is 0.102. The van der Waals surface area contributed by atoms with Crippen LogP contribution in [0.15, 0.2) is 24.3 Å². The van der Waals surface area contributed by atoms with E-state index in [0.29, 0.717) is 5.13 Å². The Balaban J connectivity index is 2.27. The third-order valence-electron chi connectivity index (χ3n) is 3.08. The van der Waals surface area contributed by atoms with Crippen LogP contribution in [0.3, 0.4) is 0 Å². The number of phenols is 1. The lowest BCUT2D eigenvalue weighted by Crippen LogP contribution is -2.11. The normalized spacial score (nSPS) is 11.4. The van der Waals surface area contributed by atoms with Gasteiger partial charge in [0.05, 0.1) is 11.3 Å². The van der Waals surface area contributed by atoms with E-state index >= 15 is 0 Å².